The summed E-state index contributed by atoms with van der Waals surface area (Å²) < 4.78 is 5.77. The fourth-order valence-electron chi connectivity index (χ4n) is 1.83. The topological polar surface area (TPSA) is 47.3 Å². The summed E-state index contributed by atoms with van der Waals surface area (Å²) >= 11 is 0. The third-order valence-corrected chi connectivity index (χ3v) is 2.89. The molecule has 0 heterocycles. The Morgan fingerprint density at radius 1 is 1.38 bits per heavy atom. The number of ether oxygens (including phenoxy) is 1. The lowest BCUT2D eigenvalue weighted by molar-refractivity contribution is 0.302. The highest BCUT2D eigenvalue weighted by Gasteiger charge is 2.24. The summed E-state index contributed by atoms with van der Waals surface area (Å²) in [5, 5.41) is 0. The minimum atomic E-state index is 0.183. The molecule has 0 spiro atoms. The SMILES string of the molecule is CC(C)C(NN)c1cccc(OC2CC2)c1. The molecule has 1 aromatic rings. The van der Waals surface area contributed by atoms with E-state index >= 15 is 0 Å². The zero-order valence-electron chi connectivity index (χ0n) is 9.94. The van der Waals surface area contributed by atoms with E-state index in [1.807, 2.05) is 12.1 Å². The predicted molar refractivity (Wildman–Crippen MR) is 65.0 cm³/mol. The van der Waals surface area contributed by atoms with Gasteiger partial charge in [-0.25, -0.2) is 0 Å². The second kappa shape index (κ2) is 4.85. The van der Waals surface area contributed by atoms with Gasteiger partial charge in [0.15, 0.2) is 0 Å². The fourth-order valence-corrected chi connectivity index (χ4v) is 1.83. The summed E-state index contributed by atoms with van der Waals surface area (Å²) in [6.07, 6.45) is 2.82. The first kappa shape index (κ1) is 11.4. The van der Waals surface area contributed by atoms with Crippen LogP contribution in [0.4, 0.5) is 0 Å². The number of hydrogen-bond acceptors (Lipinski definition) is 3. The van der Waals surface area contributed by atoms with E-state index < -0.39 is 0 Å². The summed E-state index contributed by atoms with van der Waals surface area (Å²) in [7, 11) is 0. The highest BCUT2D eigenvalue weighted by molar-refractivity contribution is 5.31. The Hall–Kier alpha value is -1.06. The highest BCUT2D eigenvalue weighted by atomic mass is 16.5. The van der Waals surface area contributed by atoms with Gasteiger partial charge >= 0.3 is 0 Å². The van der Waals surface area contributed by atoms with Gasteiger partial charge in [-0.3, -0.25) is 11.3 Å². The molecular weight excluding hydrogens is 200 g/mol. The number of nitrogens with two attached hydrogens (primary N) is 1. The molecule has 3 nitrogen and oxygen atoms in total. The highest BCUT2D eigenvalue weighted by Crippen LogP contribution is 2.29. The minimum absolute atomic E-state index is 0.183. The summed E-state index contributed by atoms with van der Waals surface area (Å²) in [4.78, 5) is 0. The van der Waals surface area contributed by atoms with Crippen molar-refractivity contribution in [2.24, 2.45) is 11.8 Å². The van der Waals surface area contributed by atoms with Crippen LogP contribution in [0.3, 0.4) is 0 Å². The van der Waals surface area contributed by atoms with Crippen molar-refractivity contribution >= 4 is 0 Å². The van der Waals surface area contributed by atoms with Crippen LogP contribution in [-0.2, 0) is 0 Å². The molecular formula is C13H20N2O. The van der Waals surface area contributed by atoms with Gasteiger partial charge in [-0.15, -0.1) is 0 Å². The molecule has 1 fully saturated rings. The van der Waals surface area contributed by atoms with Gasteiger partial charge in [0.05, 0.1) is 6.10 Å². The maximum absolute atomic E-state index is 5.77. The van der Waals surface area contributed by atoms with Gasteiger partial charge in [0.2, 0.25) is 0 Å². The largest absolute Gasteiger partial charge is 0.490 e. The summed E-state index contributed by atoms with van der Waals surface area (Å²) in [6, 6.07) is 8.39. The Bertz CT molecular complexity index is 348. The molecule has 0 radical (unpaired) electrons. The summed E-state index contributed by atoms with van der Waals surface area (Å²) in [5.41, 5.74) is 4.05. The van der Waals surface area contributed by atoms with Gasteiger partial charge in [-0.1, -0.05) is 26.0 Å². The Morgan fingerprint density at radius 2 is 2.12 bits per heavy atom. The molecule has 88 valence electrons. The van der Waals surface area contributed by atoms with Crippen molar-refractivity contribution in [3.05, 3.63) is 29.8 Å². The van der Waals surface area contributed by atoms with Crippen LogP contribution in [0.15, 0.2) is 24.3 Å². The zero-order valence-corrected chi connectivity index (χ0v) is 9.94. The lowest BCUT2D eigenvalue weighted by atomic mass is 9.97. The van der Waals surface area contributed by atoms with Crippen LogP contribution in [-0.4, -0.2) is 6.10 Å². The second-order valence-corrected chi connectivity index (χ2v) is 4.78. The molecule has 0 amide bonds. The maximum Gasteiger partial charge on any atom is 0.120 e. The molecule has 1 atom stereocenters. The fraction of sp³-hybridized carbons (Fsp3) is 0.538. The Labute approximate surface area is 97.0 Å². The van der Waals surface area contributed by atoms with E-state index in [0.29, 0.717) is 12.0 Å². The van der Waals surface area contributed by atoms with Crippen LogP contribution < -0.4 is 16.0 Å². The first-order valence-corrected chi connectivity index (χ1v) is 5.93. The smallest absolute Gasteiger partial charge is 0.120 e. The molecule has 1 aliphatic rings. The number of hydrazine groups is 1. The van der Waals surface area contributed by atoms with Crippen molar-refractivity contribution < 1.29 is 4.74 Å². The van der Waals surface area contributed by atoms with E-state index in [4.69, 9.17) is 10.6 Å². The number of nitrogens with one attached hydrogen (secondary N) is 1. The van der Waals surface area contributed by atoms with E-state index in [1.54, 1.807) is 0 Å². The van der Waals surface area contributed by atoms with Crippen molar-refractivity contribution in [1.82, 2.24) is 5.43 Å². The van der Waals surface area contributed by atoms with Crippen molar-refractivity contribution in [2.75, 3.05) is 0 Å². The Morgan fingerprint density at radius 3 is 2.69 bits per heavy atom. The molecule has 1 unspecified atom stereocenters. The second-order valence-electron chi connectivity index (χ2n) is 4.78. The lowest BCUT2D eigenvalue weighted by Crippen LogP contribution is -2.31. The summed E-state index contributed by atoms with van der Waals surface area (Å²) in [5.74, 6) is 7.00. The molecule has 16 heavy (non-hydrogen) atoms. The predicted octanol–water partition coefficient (Wildman–Crippen LogP) is 2.39. The number of benzene rings is 1. The first-order valence-electron chi connectivity index (χ1n) is 5.93. The van der Waals surface area contributed by atoms with E-state index in [-0.39, 0.29) is 6.04 Å². The molecule has 3 heteroatoms. The van der Waals surface area contributed by atoms with Crippen molar-refractivity contribution in [3.63, 3.8) is 0 Å². The number of rotatable bonds is 5. The quantitative estimate of drug-likeness (QED) is 0.591. The molecule has 1 aliphatic carbocycles. The first-order chi connectivity index (χ1) is 7.70. The maximum atomic E-state index is 5.77. The van der Waals surface area contributed by atoms with Gasteiger partial charge in [-0.05, 0) is 36.5 Å². The Kier molecular flexibility index (Phi) is 3.46. The zero-order chi connectivity index (χ0) is 11.5. The van der Waals surface area contributed by atoms with Crippen LogP contribution in [0, 0.1) is 5.92 Å². The Balaban J connectivity index is 2.12. The van der Waals surface area contributed by atoms with Gasteiger partial charge in [-0.2, -0.15) is 0 Å². The molecule has 0 aromatic heterocycles. The van der Waals surface area contributed by atoms with Crippen LogP contribution >= 0.6 is 0 Å². The normalized spacial score (nSPS) is 17.5. The van der Waals surface area contributed by atoms with Crippen molar-refractivity contribution in [3.8, 4) is 5.75 Å². The lowest BCUT2D eigenvalue weighted by Gasteiger charge is -2.20. The van der Waals surface area contributed by atoms with E-state index in [9.17, 15) is 0 Å². The average Bonchev–Trinajstić information content (AvgIpc) is 3.03. The molecule has 2 rings (SSSR count). The van der Waals surface area contributed by atoms with E-state index in [2.05, 4.69) is 31.4 Å². The average molecular weight is 220 g/mol. The van der Waals surface area contributed by atoms with Crippen LogP contribution in [0.5, 0.6) is 5.75 Å². The van der Waals surface area contributed by atoms with E-state index in [1.165, 1.54) is 18.4 Å². The van der Waals surface area contributed by atoms with Crippen LogP contribution in [0.25, 0.3) is 0 Å². The third-order valence-electron chi connectivity index (χ3n) is 2.89. The van der Waals surface area contributed by atoms with Gasteiger partial charge in [0, 0.05) is 6.04 Å². The molecule has 0 saturated heterocycles. The molecule has 1 aromatic carbocycles. The molecule has 3 N–H and O–H groups in total. The minimum Gasteiger partial charge on any atom is -0.490 e. The van der Waals surface area contributed by atoms with Crippen LogP contribution in [0.2, 0.25) is 0 Å². The summed E-state index contributed by atoms with van der Waals surface area (Å²) in [6.45, 7) is 4.30. The molecule has 1 saturated carbocycles. The third kappa shape index (κ3) is 2.74. The number of hydrogen-bond donors (Lipinski definition) is 2. The van der Waals surface area contributed by atoms with Crippen LogP contribution in [0.1, 0.15) is 38.3 Å². The monoisotopic (exact) mass is 220 g/mol. The van der Waals surface area contributed by atoms with Gasteiger partial charge in [0.1, 0.15) is 5.75 Å². The van der Waals surface area contributed by atoms with Crippen molar-refractivity contribution in [1.29, 1.82) is 0 Å². The van der Waals surface area contributed by atoms with Gasteiger partial charge in [0.25, 0.3) is 0 Å². The van der Waals surface area contributed by atoms with E-state index in [0.717, 1.165) is 5.75 Å². The molecule has 0 aliphatic heterocycles. The standard InChI is InChI=1S/C13H20N2O/c1-9(2)13(15-14)10-4-3-5-12(8-10)16-11-6-7-11/h3-5,8-9,11,13,15H,6-7,14H2,1-2H3. The van der Waals surface area contributed by atoms with Crippen molar-refractivity contribution in [2.45, 2.75) is 38.8 Å². The van der Waals surface area contributed by atoms with Gasteiger partial charge < -0.3 is 4.74 Å². The molecule has 0 bridgehead atoms.